The monoisotopic (exact) mass is 428 g/mol. The molecule has 1 aromatic carbocycles. The Kier molecular flexibility index (Phi) is 8.64. The number of benzene rings is 1. The van der Waals surface area contributed by atoms with Gasteiger partial charge in [0.1, 0.15) is 0 Å². The van der Waals surface area contributed by atoms with E-state index in [9.17, 15) is 8.78 Å². The molecule has 1 saturated heterocycles. The fourth-order valence-corrected chi connectivity index (χ4v) is 9.05. The lowest BCUT2D eigenvalue weighted by Gasteiger charge is -2.37. The van der Waals surface area contributed by atoms with Gasteiger partial charge >= 0.3 is 0 Å². The maximum Gasteiger partial charge on any atom is 0.190 e. The molecule has 0 unspecified atom stereocenters. The van der Waals surface area contributed by atoms with Crippen LogP contribution in [0.4, 0.5) is 8.78 Å². The van der Waals surface area contributed by atoms with E-state index in [1.165, 1.54) is 50.3 Å². The van der Waals surface area contributed by atoms with Gasteiger partial charge in [0.2, 0.25) is 0 Å². The largest absolute Gasteiger partial charge is 0.488 e. The van der Waals surface area contributed by atoms with Gasteiger partial charge in [0.05, 0.1) is 6.61 Å². The molecule has 5 heteroatoms. The smallest absolute Gasteiger partial charge is 0.190 e. The Bertz CT molecular complexity index is 588. The Labute approximate surface area is 175 Å². The minimum Gasteiger partial charge on any atom is -0.488 e. The quantitative estimate of drug-likeness (QED) is 0.240. The fourth-order valence-electron chi connectivity index (χ4n) is 5.46. The molecule has 28 heavy (non-hydrogen) atoms. The normalized spacial score (nSPS) is 28.3. The van der Waals surface area contributed by atoms with Crippen LogP contribution in [0.3, 0.4) is 0 Å². The summed E-state index contributed by atoms with van der Waals surface area (Å²) in [4.78, 5) is 0. The highest BCUT2D eigenvalue weighted by Gasteiger charge is 2.32. The highest BCUT2D eigenvalue weighted by Crippen LogP contribution is 2.44. The van der Waals surface area contributed by atoms with Crippen LogP contribution in [0.15, 0.2) is 12.1 Å². The summed E-state index contributed by atoms with van der Waals surface area (Å²) in [6, 6.07) is 7.60. The van der Waals surface area contributed by atoms with E-state index in [0.717, 1.165) is 30.2 Å². The molecule has 1 heterocycles. The van der Waals surface area contributed by atoms with Crippen molar-refractivity contribution >= 4 is 20.4 Å². The van der Waals surface area contributed by atoms with E-state index in [0.29, 0.717) is 12.3 Å². The van der Waals surface area contributed by atoms with Crippen molar-refractivity contribution < 1.29 is 13.5 Å². The van der Waals surface area contributed by atoms with E-state index in [1.54, 1.807) is 12.1 Å². The number of ether oxygens (including phenoxy) is 1. The summed E-state index contributed by atoms with van der Waals surface area (Å²) >= 11 is 5.60. The molecule has 1 aliphatic heterocycles. The second-order valence-electron chi connectivity index (χ2n) is 8.89. The van der Waals surface area contributed by atoms with Gasteiger partial charge in [-0.1, -0.05) is 44.3 Å². The average Bonchev–Trinajstić information content (AvgIpc) is 2.71. The molecule has 0 radical (unpaired) electrons. The highest BCUT2D eigenvalue weighted by molar-refractivity contribution is 6.58. The number of alkyl halides is 1. The van der Waals surface area contributed by atoms with Gasteiger partial charge in [-0.25, -0.2) is 8.78 Å². The summed E-state index contributed by atoms with van der Waals surface area (Å²) in [5, 5.41) is 0. The molecule has 2 fully saturated rings. The maximum absolute atomic E-state index is 14.4. The van der Waals surface area contributed by atoms with E-state index in [4.69, 9.17) is 16.3 Å². The van der Waals surface area contributed by atoms with Crippen LogP contribution in [0.5, 0.6) is 5.75 Å². The second kappa shape index (κ2) is 11.0. The van der Waals surface area contributed by atoms with Crippen LogP contribution in [-0.4, -0.2) is 21.3 Å². The molecule has 0 aromatic heterocycles. The van der Waals surface area contributed by atoms with E-state index in [2.05, 4.69) is 6.92 Å². The minimum absolute atomic E-state index is 0.241. The first kappa shape index (κ1) is 22.1. The van der Waals surface area contributed by atoms with E-state index in [1.807, 2.05) is 0 Å². The summed E-state index contributed by atoms with van der Waals surface area (Å²) in [6.07, 6.45) is 9.39. The molecule has 1 aromatic rings. The predicted molar refractivity (Wildman–Crippen MR) is 116 cm³/mol. The average molecular weight is 429 g/mol. The molecular weight excluding hydrogens is 394 g/mol. The zero-order valence-electron chi connectivity index (χ0n) is 17.2. The number of halogens is 3. The molecule has 0 N–H and O–H groups in total. The van der Waals surface area contributed by atoms with Gasteiger partial charge in [0.25, 0.3) is 0 Å². The van der Waals surface area contributed by atoms with Crippen LogP contribution < -0.4 is 4.74 Å². The molecule has 1 nitrogen and oxygen atoms in total. The maximum atomic E-state index is 14.4. The molecule has 0 amide bonds. The summed E-state index contributed by atoms with van der Waals surface area (Å²) in [5.41, 5.74) is 0.803. The second-order valence-corrected chi connectivity index (χ2v) is 12.7. The van der Waals surface area contributed by atoms with Crippen molar-refractivity contribution in [2.75, 3.05) is 12.5 Å². The van der Waals surface area contributed by atoms with Crippen LogP contribution in [0.25, 0.3) is 0 Å². The Morgan fingerprint density at radius 1 is 1.00 bits per heavy atom. The molecule has 1 aliphatic carbocycles. The summed E-state index contributed by atoms with van der Waals surface area (Å²) in [6.45, 7) is 2.57. The lowest BCUT2D eigenvalue weighted by molar-refractivity contribution is 0.215. The van der Waals surface area contributed by atoms with Crippen molar-refractivity contribution in [1.82, 2.24) is 0 Å². The van der Waals surface area contributed by atoms with Crippen molar-refractivity contribution in [1.29, 1.82) is 0 Å². The van der Waals surface area contributed by atoms with Crippen molar-refractivity contribution in [2.45, 2.75) is 82.3 Å². The lowest BCUT2D eigenvalue weighted by Crippen LogP contribution is -2.28. The third-order valence-corrected chi connectivity index (χ3v) is 11.0. The van der Waals surface area contributed by atoms with Crippen molar-refractivity contribution in [2.24, 2.45) is 11.8 Å². The van der Waals surface area contributed by atoms with Gasteiger partial charge in [0.15, 0.2) is 17.4 Å². The van der Waals surface area contributed by atoms with Crippen LogP contribution in [-0.2, 0) is 0 Å². The topological polar surface area (TPSA) is 9.23 Å². The third kappa shape index (κ3) is 5.72. The molecule has 0 spiro atoms. The standard InChI is InChI=1S/C23H35ClF2OSi/c1-2-12-28-13-8-19(9-14-28)17-4-6-18(7-5-17)20-15-21(25)23(22(26)16-20)27-11-3-10-24/h15-19,28H,2-14H2,1H3. The summed E-state index contributed by atoms with van der Waals surface area (Å²) in [7, 11) is -0.410. The summed E-state index contributed by atoms with van der Waals surface area (Å²) < 4.78 is 34.0. The molecule has 2 aliphatic rings. The first-order chi connectivity index (χ1) is 13.6. The zero-order valence-corrected chi connectivity index (χ0v) is 19.1. The van der Waals surface area contributed by atoms with Gasteiger partial charge in [-0.3, -0.25) is 0 Å². The van der Waals surface area contributed by atoms with Gasteiger partial charge < -0.3 is 4.74 Å². The molecule has 0 bridgehead atoms. The van der Waals surface area contributed by atoms with Gasteiger partial charge in [-0.15, -0.1) is 11.6 Å². The molecule has 158 valence electrons. The van der Waals surface area contributed by atoms with Gasteiger partial charge in [-0.05, 0) is 67.6 Å². The number of hydrogen-bond donors (Lipinski definition) is 0. The first-order valence-electron chi connectivity index (χ1n) is 11.3. The van der Waals surface area contributed by atoms with Gasteiger partial charge in [0, 0.05) is 14.7 Å². The van der Waals surface area contributed by atoms with Crippen molar-refractivity contribution in [3.8, 4) is 5.75 Å². The lowest BCUT2D eigenvalue weighted by atomic mass is 9.72. The minimum atomic E-state index is -0.578. The fraction of sp³-hybridized carbons (Fsp3) is 0.739. The van der Waals surface area contributed by atoms with E-state index >= 15 is 0 Å². The van der Waals surface area contributed by atoms with Crippen molar-refractivity contribution in [3.63, 3.8) is 0 Å². The van der Waals surface area contributed by atoms with Crippen LogP contribution in [0, 0.1) is 23.5 Å². The number of hydrogen-bond acceptors (Lipinski definition) is 1. The molecule has 0 atom stereocenters. The van der Waals surface area contributed by atoms with Crippen LogP contribution in [0.2, 0.25) is 18.1 Å². The molecular formula is C23H35ClF2OSi. The predicted octanol–water partition coefficient (Wildman–Crippen LogP) is 7.29. The van der Waals surface area contributed by atoms with Crippen molar-refractivity contribution in [3.05, 3.63) is 29.3 Å². The van der Waals surface area contributed by atoms with E-state index < -0.39 is 20.4 Å². The Balaban J connectivity index is 1.52. The zero-order chi connectivity index (χ0) is 19.9. The van der Waals surface area contributed by atoms with Crippen LogP contribution in [0.1, 0.15) is 69.8 Å². The van der Waals surface area contributed by atoms with Gasteiger partial charge in [-0.2, -0.15) is 0 Å². The first-order valence-corrected chi connectivity index (χ1v) is 14.3. The van der Waals surface area contributed by atoms with Crippen LogP contribution >= 0.6 is 11.6 Å². The highest BCUT2D eigenvalue weighted by atomic mass is 35.5. The molecule has 1 saturated carbocycles. The van der Waals surface area contributed by atoms with E-state index in [-0.39, 0.29) is 18.3 Å². The Morgan fingerprint density at radius 2 is 1.61 bits per heavy atom. The SMILES string of the molecule is CCC[SiH]1CCC(C2CCC(c3cc(F)c(OCCCCl)c(F)c3)CC2)CC1. The summed E-state index contributed by atoms with van der Waals surface area (Å²) in [5.74, 6) is 1.04. The Hall–Kier alpha value is -0.613. The molecule has 3 rings (SSSR count). The number of rotatable bonds is 8. The Morgan fingerprint density at radius 3 is 2.18 bits per heavy atom. The third-order valence-electron chi connectivity index (χ3n) is 7.04.